The average molecular weight is 219 g/mol. The van der Waals surface area contributed by atoms with Crippen molar-refractivity contribution in [1.29, 1.82) is 0 Å². The molecule has 2 aromatic rings. The molecule has 0 aliphatic heterocycles. The van der Waals surface area contributed by atoms with Gasteiger partial charge >= 0.3 is 0 Å². The Kier molecular flexibility index (Phi) is 3.37. The monoisotopic (exact) mass is 219 g/mol. The number of hydrogen-bond acceptors (Lipinski definition) is 2. The topological polar surface area (TPSA) is 25.2 Å². The van der Waals surface area contributed by atoms with Gasteiger partial charge in [0.05, 0.1) is 12.5 Å². The fourth-order valence-electron chi connectivity index (χ4n) is 1.56. The van der Waals surface area contributed by atoms with E-state index >= 15 is 0 Å². The van der Waals surface area contributed by atoms with Crippen LogP contribution in [0.1, 0.15) is 24.1 Å². The van der Waals surface area contributed by atoms with E-state index in [1.54, 1.807) is 18.6 Å². The molecule has 0 bridgehead atoms. The second kappa shape index (κ2) is 4.94. The lowest BCUT2D eigenvalue weighted by Gasteiger charge is -2.11. The van der Waals surface area contributed by atoms with Crippen molar-refractivity contribution in [3.8, 4) is 0 Å². The summed E-state index contributed by atoms with van der Waals surface area (Å²) in [6.45, 7) is 2.69. The molecule has 0 spiro atoms. The summed E-state index contributed by atoms with van der Waals surface area (Å²) in [7, 11) is 0. The SMILES string of the molecule is CC(NCc1cccc(F)c1)c1ccoc1. The van der Waals surface area contributed by atoms with E-state index in [1.165, 1.54) is 12.1 Å². The van der Waals surface area contributed by atoms with Crippen molar-refractivity contribution in [2.45, 2.75) is 19.5 Å². The van der Waals surface area contributed by atoms with Crippen LogP contribution in [0.3, 0.4) is 0 Å². The highest BCUT2D eigenvalue weighted by atomic mass is 19.1. The van der Waals surface area contributed by atoms with Crippen LogP contribution in [0.25, 0.3) is 0 Å². The second-order valence-electron chi connectivity index (χ2n) is 3.79. The maximum absolute atomic E-state index is 12.9. The molecule has 1 atom stereocenters. The van der Waals surface area contributed by atoms with Crippen LogP contribution in [-0.2, 0) is 6.54 Å². The molecule has 1 heterocycles. The van der Waals surface area contributed by atoms with Crippen LogP contribution in [-0.4, -0.2) is 0 Å². The number of hydrogen-bond donors (Lipinski definition) is 1. The first-order chi connectivity index (χ1) is 7.75. The standard InChI is InChI=1S/C13H14FNO/c1-10(12-5-6-16-9-12)15-8-11-3-2-4-13(14)7-11/h2-7,9-10,15H,8H2,1H3. The van der Waals surface area contributed by atoms with Crippen LogP contribution in [0.15, 0.2) is 47.3 Å². The van der Waals surface area contributed by atoms with Crippen LogP contribution >= 0.6 is 0 Å². The molecule has 1 aromatic heterocycles. The van der Waals surface area contributed by atoms with E-state index in [9.17, 15) is 4.39 Å². The quantitative estimate of drug-likeness (QED) is 0.853. The van der Waals surface area contributed by atoms with E-state index in [-0.39, 0.29) is 11.9 Å². The summed E-state index contributed by atoms with van der Waals surface area (Å²) in [6.07, 6.45) is 3.36. The Morgan fingerprint density at radius 2 is 2.25 bits per heavy atom. The summed E-state index contributed by atoms with van der Waals surface area (Å²) >= 11 is 0. The fourth-order valence-corrected chi connectivity index (χ4v) is 1.56. The predicted octanol–water partition coefficient (Wildman–Crippen LogP) is 3.27. The van der Waals surface area contributed by atoms with Crippen molar-refractivity contribution in [1.82, 2.24) is 5.32 Å². The van der Waals surface area contributed by atoms with Gasteiger partial charge in [0, 0.05) is 18.2 Å². The molecule has 0 saturated heterocycles. The van der Waals surface area contributed by atoms with E-state index in [1.807, 2.05) is 19.1 Å². The van der Waals surface area contributed by atoms with Crippen molar-refractivity contribution in [2.75, 3.05) is 0 Å². The molecule has 3 heteroatoms. The molecular formula is C13H14FNO. The summed E-state index contributed by atoms with van der Waals surface area (Å²) in [5.41, 5.74) is 2.03. The third kappa shape index (κ3) is 2.70. The zero-order chi connectivity index (χ0) is 11.4. The number of furan rings is 1. The molecule has 0 aliphatic rings. The van der Waals surface area contributed by atoms with Crippen molar-refractivity contribution in [3.05, 3.63) is 59.8 Å². The van der Waals surface area contributed by atoms with Crippen molar-refractivity contribution in [3.63, 3.8) is 0 Å². The number of rotatable bonds is 4. The van der Waals surface area contributed by atoms with Gasteiger partial charge < -0.3 is 9.73 Å². The molecule has 16 heavy (non-hydrogen) atoms. The second-order valence-corrected chi connectivity index (χ2v) is 3.79. The Hall–Kier alpha value is -1.61. The lowest BCUT2D eigenvalue weighted by molar-refractivity contribution is 0.537. The van der Waals surface area contributed by atoms with Gasteiger partial charge in [0.2, 0.25) is 0 Å². The molecule has 1 aromatic carbocycles. The molecule has 0 amide bonds. The minimum absolute atomic E-state index is 0.196. The van der Waals surface area contributed by atoms with Gasteiger partial charge in [0.15, 0.2) is 0 Å². The first-order valence-electron chi connectivity index (χ1n) is 5.25. The molecule has 84 valence electrons. The van der Waals surface area contributed by atoms with Gasteiger partial charge in [-0.15, -0.1) is 0 Å². The molecule has 0 saturated carbocycles. The molecule has 0 fully saturated rings. The van der Waals surface area contributed by atoms with Crippen LogP contribution in [0.4, 0.5) is 4.39 Å². The lowest BCUT2D eigenvalue weighted by Crippen LogP contribution is -2.17. The number of benzene rings is 1. The molecule has 0 aliphatic carbocycles. The van der Waals surface area contributed by atoms with Crippen LogP contribution in [0, 0.1) is 5.82 Å². The smallest absolute Gasteiger partial charge is 0.123 e. The van der Waals surface area contributed by atoms with Crippen molar-refractivity contribution in [2.24, 2.45) is 0 Å². The first kappa shape index (κ1) is 10.9. The van der Waals surface area contributed by atoms with Crippen LogP contribution in [0.2, 0.25) is 0 Å². The van der Waals surface area contributed by atoms with Gasteiger partial charge in [-0.1, -0.05) is 12.1 Å². The zero-order valence-corrected chi connectivity index (χ0v) is 9.11. The highest BCUT2D eigenvalue weighted by Crippen LogP contribution is 2.13. The molecular weight excluding hydrogens is 205 g/mol. The maximum Gasteiger partial charge on any atom is 0.123 e. The minimum atomic E-state index is -0.199. The zero-order valence-electron chi connectivity index (χ0n) is 9.11. The summed E-state index contributed by atoms with van der Waals surface area (Å²) in [4.78, 5) is 0. The van der Waals surface area contributed by atoms with Crippen LogP contribution in [0.5, 0.6) is 0 Å². The fraction of sp³-hybridized carbons (Fsp3) is 0.231. The van der Waals surface area contributed by atoms with E-state index in [0.717, 1.165) is 11.1 Å². The number of nitrogens with one attached hydrogen (secondary N) is 1. The normalized spacial score (nSPS) is 12.6. The molecule has 0 radical (unpaired) electrons. The Morgan fingerprint density at radius 1 is 1.38 bits per heavy atom. The minimum Gasteiger partial charge on any atom is -0.472 e. The van der Waals surface area contributed by atoms with E-state index in [2.05, 4.69) is 5.32 Å². The van der Waals surface area contributed by atoms with Gasteiger partial charge in [-0.05, 0) is 30.7 Å². The van der Waals surface area contributed by atoms with E-state index in [0.29, 0.717) is 6.54 Å². The van der Waals surface area contributed by atoms with Crippen LogP contribution < -0.4 is 5.32 Å². The Morgan fingerprint density at radius 3 is 2.94 bits per heavy atom. The summed E-state index contributed by atoms with van der Waals surface area (Å²) < 4.78 is 17.9. The third-order valence-electron chi connectivity index (χ3n) is 2.54. The highest BCUT2D eigenvalue weighted by Gasteiger charge is 2.05. The summed E-state index contributed by atoms with van der Waals surface area (Å²) in [5.74, 6) is -0.199. The molecule has 2 rings (SSSR count). The molecule has 2 nitrogen and oxygen atoms in total. The Balaban J connectivity index is 1.92. The van der Waals surface area contributed by atoms with Gasteiger partial charge in [-0.25, -0.2) is 4.39 Å². The van der Waals surface area contributed by atoms with Gasteiger partial charge in [0.1, 0.15) is 5.82 Å². The van der Waals surface area contributed by atoms with E-state index < -0.39 is 0 Å². The van der Waals surface area contributed by atoms with Crippen molar-refractivity contribution < 1.29 is 8.81 Å². The molecule has 1 N–H and O–H groups in total. The van der Waals surface area contributed by atoms with Gasteiger partial charge in [-0.2, -0.15) is 0 Å². The van der Waals surface area contributed by atoms with Gasteiger partial charge in [-0.3, -0.25) is 0 Å². The molecule has 1 unspecified atom stereocenters. The third-order valence-corrected chi connectivity index (χ3v) is 2.54. The highest BCUT2D eigenvalue weighted by molar-refractivity contribution is 5.17. The first-order valence-corrected chi connectivity index (χ1v) is 5.25. The van der Waals surface area contributed by atoms with E-state index in [4.69, 9.17) is 4.42 Å². The largest absolute Gasteiger partial charge is 0.472 e. The predicted molar refractivity (Wildman–Crippen MR) is 60.4 cm³/mol. The van der Waals surface area contributed by atoms with Gasteiger partial charge in [0.25, 0.3) is 0 Å². The maximum atomic E-state index is 12.9. The summed E-state index contributed by atoms with van der Waals surface area (Å²) in [5, 5.41) is 3.30. The Labute approximate surface area is 94.1 Å². The van der Waals surface area contributed by atoms with Crippen molar-refractivity contribution >= 4 is 0 Å². The lowest BCUT2D eigenvalue weighted by atomic mass is 10.1. The number of halogens is 1. The summed E-state index contributed by atoms with van der Waals surface area (Å²) in [6, 6.07) is 8.72. The Bertz CT molecular complexity index is 439. The average Bonchev–Trinajstić information content (AvgIpc) is 2.79.